The van der Waals surface area contributed by atoms with Crippen LogP contribution in [0.25, 0.3) is 0 Å². The number of aliphatic hydroxyl groups is 1. The van der Waals surface area contributed by atoms with Gasteiger partial charge in [-0.3, -0.25) is 9.48 Å². The summed E-state index contributed by atoms with van der Waals surface area (Å²) >= 11 is 0. The van der Waals surface area contributed by atoms with E-state index in [-0.39, 0.29) is 19.0 Å². The van der Waals surface area contributed by atoms with Crippen LogP contribution in [-0.2, 0) is 17.4 Å². The van der Waals surface area contributed by atoms with Gasteiger partial charge < -0.3 is 15.3 Å². The molecule has 1 aromatic heterocycles. The van der Waals surface area contributed by atoms with Gasteiger partial charge in [-0.05, 0) is 19.1 Å². The van der Waals surface area contributed by atoms with Crippen molar-refractivity contribution in [3.63, 3.8) is 0 Å². The normalized spacial score (nSPS) is 13.5. The lowest BCUT2D eigenvalue weighted by atomic mass is 10.00. The maximum absolute atomic E-state index is 12.0. The highest BCUT2D eigenvalue weighted by atomic mass is 16.3. The van der Waals surface area contributed by atoms with E-state index in [9.17, 15) is 9.90 Å². The Morgan fingerprint density at radius 1 is 1.41 bits per heavy atom. The fraction of sp³-hybridized carbons (Fsp3) is 0.375. The first-order chi connectivity index (χ1) is 10.4. The summed E-state index contributed by atoms with van der Waals surface area (Å²) in [4.78, 5) is 13.9. The molecule has 1 amide bonds. The first-order valence-corrected chi connectivity index (χ1v) is 7.13. The number of nitrogens with one attached hydrogen (secondary N) is 1. The predicted molar refractivity (Wildman–Crippen MR) is 85.5 cm³/mol. The molecule has 118 valence electrons. The number of hydrogen-bond acceptors (Lipinski definition) is 4. The molecule has 0 aliphatic carbocycles. The van der Waals surface area contributed by atoms with Crippen LogP contribution in [0.5, 0.6) is 0 Å². The van der Waals surface area contributed by atoms with Crippen LogP contribution in [-0.4, -0.2) is 40.9 Å². The molecule has 2 aromatic rings. The minimum atomic E-state index is -1.14. The molecule has 0 bridgehead atoms. The molecule has 1 unspecified atom stereocenters. The zero-order chi connectivity index (χ0) is 16.2. The van der Waals surface area contributed by atoms with Crippen molar-refractivity contribution in [1.29, 1.82) is 0 Å². The fourth-order valence-corrected chi connectivity index (χ4v) is 2.12. The Morgan fingerprint density at radius 2 is 2.09 bits per heavy atom. The molecule has 6 nitrogen and oxygen atoms in total. The first kappa shape index (κ1) is 16.0. The fourth-order valence-electron chi connectivity index (χ4n) is 2.12. The number of amides is 1. The summed E-state index contributed by atoms with van der Waals surface area (Å²) in [5.74, 6) is -0.143. The highest BCUT2D eigenvalue weighted by Gasteiger charge is 2.25. The lowest BCUT2D eigenvalue weighted by Crippen LogP contribution is -2.42. The number of benzene rings is 1. The van der Waals surface area contributed by atoms with Crippen molar-refractivity contribution in [2.45, 2.75) is 12.5 Å². The van der Waals surface area contributed by atoms with E-state index >= 15 is 0 Å². The summed E-state index contributed by atoms with van der Waals surface area (Å²) in [6.07, 6.45) is 3.34. The molecule has 0 aliphatic rings. The Hall–Kier alpha value is -2.34. The van der Waals surface area contributed by atoms with Crippen LogP contribution in [0.1, 0.15) is 12.5 Å². The van der Waals surface area contributed by atoms with E-state index in [4.69, 9.17) is 0 Å². The number of likely N-dealkylation sites (N-methyl/N-ethyl adjacent to an activating group) is 1. The molecule has 1 heterocycles. The topological polar surface area (TPSA) is 70.4 Å². The highest BCUT2D eigenvalue weighted by Crippen LogP contribution is 2.18. The van der Waals surface area contributed by atoms with Gasteiger partial charge >= 0.3 is 0 Å². The van der Waals surface area contributed by atoms with Crippen LogP contribution in [0.2, 0.25) is 0 Å². The monoisotopic (exact) mass is 302 g/mol. The van der Waals surface area contributed by atoms with Gasteiger partial charge in [0.2, 0.25) is 5.91 Å². The summed E-state index contributed by atoms with van der Waals surface area (Å²) in [6, 6.07) is 9.68. The van der Waals surface area contributed by atoms with Crippen LogP contribution in [0.4, 0.5) is 5.69 Å². The number of hydrogen-bond donors (Lipinski definition) is 2. The van der Waals surface area contributed by atoms with Gasteiger partial charge in [-0.2, -0.15) is 5.10 Å². The van der Waals surface area contributed by atoms with E-state index in [1.165, 1.54) is 0 Å². The van der Waals surface area contributed by atoms with E-state index < -0.39 is 5.60 Å². The molecule has 0 saturated carbocycles. The first-order valence-electron chi connectivity index (χ1n) is 7.13. The van der Waals surface area contributed by atoms with E-state index in [2.05, 4.69) is 10.4 Å². The van der Waals surface area contributed by atoms with E-state index in [0.717, 1.165) is 5.69 Å². The van der Waals surface area contributed by atoms with Crippen molar-refractivity contribution in [2.24, 2.45) is 7.05 Å². The minimum absolute atomic E-state index is 0.139. The molecule has 1 atom stereocenters. The van der Waals surface area contributed by atoms with E-state index in [1.807, 2.05) is 42.3 Å². The smallest absolute Gasteiger partial charge is 0.239 e. The quantitative estimate of drug-likeness (QED) is 0.831. The van der Waals surface area contributed by atoms with Crippen LogP contribution < -0.4 is 10.2 Å². The maximum Gasteiger partial charge on any atom is 0.239 e. The largest absolute Gasteiger partial charge is 0.383 e. The van der Waals surface area contributed by atoms with Gasteiger partial charge in [0.15, 0.2) is 0 Å². The second-order valence-electron chi connectivity index (χ2n) is 5.64. The van der Waals surface area contributed by atoms with Crippen molar-refractivity contribution in [3.8, 4) is 0 Å². The van der Waals surface area contributed by atoms with E-state index in [1.54, 1.807) is 31.0 Å². The van der Waals surface area contributed by atoms with Crippen molar-refractivity contribution in [3.05, 3.63) is 48.3 Å². The average Bonchev–Trinajstić information content (AvgIpc) is 2.94. The molecule has 0 radical (unpaired) electrons. The van der Waals surface area contributed by atoms with Crippen molar-refractivity contribution >= 4 is 11.6 Å². The molecule has 0 aliphatic heterocycles. The number of aryl methyl sites for hydroxylation is 1. The Balaban J connectivity index is 1.87. The average molecular weight is 302 g/mol. The lowest BCUT2D eigenvalue weighted by molar-refractivity contribution is -0.120. The van der Waals surface area contributed by atoms with Crippen molar-refractivity contribution in [1.82, 2.24) is 15.1 Å². The number of nitrogens with zero attached hydrogens (tertiary/aromatic N) is 3. The molecule has 1 aromatic carbocycles. The van der Waals surface area contributed by atoms with Crippen LogP contribution in [0.15, 0.2) is 42.7 Å². The van der Waals surface area contributed by atoms with Gasteiger partial charge in [0, 0.05) is 31.5 Å². The minimum Gasteiger partial charge on any atom is -0.383 e. The third-order valence-electron chi connectivity index (χ3n) is 3.53. The van der Waals surface area contributed by atoms with Crippen LogP contribution in [0.3, 0.4) is 0 Å². The molecule has 0 saturated heterocycles. The van der Waals surface area contributed by atoms with E-state index in [0.29, 0.717) is 5.56 Å². The van der Waals surface area contributed by atoms with Gasteiger partial charge in [0.05, 0.1) is 19.3 Å². The molecule has 6 heteroatoms. The molecule has 2 N–H and O–H groups in total. The zero-order valence-electron chi connectivity index (χ0n) is 13.2. The van der Waals surface area contributed by atoms with Gasteiger partial charge in [-0.15, -0.1) is 0 Å². The predicted octanol–water partition coefficient (Wildman–Crippen LogP) is 0.880. The molecule has 22 heavy (non-hydrogen) atoms. The Labute approximate surface area is 130 Å². The van der Waals surface area contributed by atoms with Crippen molar-refractivity contribution < 1.29 is 9.90 Å². The zero-order valence-corrected chi connectivity index (χ0v) is 13.2. The summed E-state index contributed by atoms with van der Waals surface area (Å²) in [5.41, 5.74) is 0.498. The molecule has 0 fully saturated rings. The second kappa shape index (κ2) is 6.62. The molecular formula is C16H22N4O2. The summed E-state index contributed by atoms with van der Waals surface area (Å²) < 4.78 is 1.62. The van der Waals surface area contributed by atoms with Gasteiger partial charge in [0.25, 0.3) is 0 Å². The number of rotatable bonds is 6. The highest BCUT2D eigenvalue weighted by molar-refractivity contribution is 5.81. The summed E-state index contributed by atoms with van der Waals surface area (Å²) in [7, 11) is 3.64. The second-order valence-corrected chi connectivity index (χ2v) is 5.64. The van der Waals surface area contributed by atoms with Crippen molar-refractivity contribution in [2.75, 3.05) is 25.0 Å². The van der Waals surface area contributed by atoms with Gasteiger partial charge in [-0.1, -0.05) is 18.2 Å². The number of para-hydroxylation sites is 1. The number of aromatic nitrogens is 2. The molecule has 2 rings (SSSR count). The Morgan fingerprint density at radius 3 is 2.68 bits per heavy atom. The number of carbonyl (C=O) groups is 1. The third kappa shape index (κ3) is 4.08. The van der Waals surface area contributed by atoms with Gasteiger partial charge in [0.1, 0.15) is 5.60 Å². The SMILES string of the molecule is CN(CC(=O)NCC(C)(O)c1cnn(C)c1)c1ccccc1. The molecule has 0 spiro atoms. The number of carbonyl (C=O) groups excluding carboxylic acids is 1. The maximum atomic E-state index is 12.0. The standard InChI is InChI=1S/C16H22N4O2/c1-16(22,13-9-18-20(3)10-13)12-17-15(21)11-19(2)14-7-5-4-6-8-14/h4-10,22H,11-12H2,1-3H3,(H,17,21). The summed E-state index contributed by atoms with van der Waals surface area (Å²) in [6.45, 7) is 2.03. The summed E-state index contributed by atoms with van der Waals surface area (Å²) in [5, 5.41) is 17.2. The van der Waals surface area contributed by atoms with Crippen LogP contribution >= 0.6 is 0 Å². The van der Waals surface area contributed by atoms with Gasteiger partial charge in [-0.25, -0.2) is 0 Å². The number of anilines is 1. The Bertz CT molecular complexity index is 622. The lowest BCUT2D eigenvalue weighted by Gasteiger charge is -2.24. The molecular weight excluding hydrogens is 280 g/mol. The van der Waals surface area contributed by atoms with Crippen LogP contribution in [0, 0.1) is 0 Å². The third-order valence-corrected chi connectivity index (χ3v) is 3.53. The Kier molecular flexibility index (Phi) is 4.82.